The Balaban J connectivity index is 1.97. The van der Waals surface area contributed by atoms with Crippen molar-refractivity contribution < 1.29 is 4.74 Å². The molecule has 82 valence electrons. The maximum Gasteiger partial charge on any atom is 0.213 e. The van der Waals surface area contributed by atoms with Gasteiger partial charge in [-0.15, -0.1) is 0 Å². The summed E-state index contributed by atoms with van der Waals surface area (Å²) < 4.78 is 5.89. The number of nitrogens with zero attached hydrogens (tertiary/aromatic N) is 1. The van der Waals surface area contributed by atoms with E-state index < -0.39 is 0 Å². The van der Waals surface area contributed by atoms with Crippen LogP contribution in [0.4, 0.5) is 0 Å². The fourth-order valence-electron chi connectivity index (χ4n) is 2.14. The van der Waals surface area contributed by atoms with Gasteiger partial charge in [-0.05, 0) is 32.4 Å². The van der Waals surface area contributed by atoms with E-state index in [9.17, 15) is 0 Å². The second kappa shape index (κ2) is 5.12. The molecule has 2 unspecified atom stereocenters. The summed E-state index contributed by atoms with van der Waals surface area (Å²) in [5.41, 5.74) is 0. The number of hydrogen-bond acceptors (Lipinski definition) is 3. The fraction of sp³-hybridized carbons (Fsp3) is 0.583. The maximum atomic E-state index is 5.89. The summed E-state index contributed by atoms with van der Waals surface area (Å²) in [6, 6.07) is 6.25. The van der Waals surface area contributed by atoms with Crippen LogP contribution < -0.4 is 10.1 Å². The Labute approximate surface area is 90.9 Å². The van der Waals surface area contributed by atoms with Gasteiger partial charge in [-0.25, -0.2) is 4.98 Å². The van der Waals surface area contributed by atoms with Crippen molar-refractivity contribution in [1.29, 1.82) is 0 Å². The Morgan fingerprint density at radius 3 is 2.93 bits per heavy atom. The highest BCUT2D eigenvalue weighted by atomic mass is 16.5. The van der Waals surface area contributed by atoms with Crippen LogP contribution in [0.1, 0.15) is 25.7 Å². The third-order valence-corrected chi connectivity index (χ3v) is 2.98. The zero-order valence-corrected chi connectivity index (χ0v) is 9.15. The molecule has 1 aliphatic carbocycles. The van der Waals surface area contributed by atoms with Crippen LogP contribution >= 0.6 is 0 Å². The van der Waals surface area contributed by atoms with Gasteiger partial charge < -0.3 is 10.1 Å². The lowest BCUT2D eigenvalue weighted by Crippen LogP contribution is -2.43. The van der Waals surface area contributed by atoms with Gasteiger partial charge in [0.25, 0.3) is 0 Å². The minimum absolute atomic E-state index is 0.277. The van der Waals surface area contributed by atoms with Crippen molar-refractivity contribution in [3.05, 3.63) is 24.4 Å². The van der Waals surface area contributed by atoms with Crippen molar-refractivity contribution in [2.45, 2.75) is 37.8 Å². The molecule has 1 aromatic rings. The van der Waals surface area contributed by atoms with E-state index in [1.165, 1.54) is 19.3 Å². The molecule has 1 aliphatic rings. The first-order valence-electron chi connectivity index (χ1n) is 5.65. The summed E-state index contributed by atoms with van der Waals surface area (Å²) in [5, 5.41) is 3.32. The lowest BCUT2D eigenvalue weighted by molar-refractivity contribution is 0.113. The van der Waals surface area contributed by atoms with Crippen molar-refractivity contribution >= 4 is 0 Å². The first kappa shape index (κ1) is 10.4. The molecule has 15 heavy (non-hydrogen) atoms. The van der Waals surface area contributed by atoms with Crippen molar-refractivity contribution in [3.8, 4) is 5.88 Å². The topological polar surface area (TPSA) is 34.1 Å². The molecule has 1 aromatic heterocycles. The molecule has 0 bridgehead atoms. The second-order valence-corrected chi connectivity index (χ2v) is 4.00. The molecular formula is C12H18N2O. The van der Waals surface area contributed by atoms with Gasteiger partial charge in [0, 0.05) is 18.3 Å². The first-order chi connectivity index (χ1) is 7.40. The van der Waals surface area contributed by atoms with Gasteiger partial charge in [-0.1, -0.05) is 12.5 Å². The van der Waals surface area contributed by atoms with Crippen LogP contribution in [0.2, 0.25) is 0 Å². The predicted octanol–water partition coefficient (Wildman–Crippen LogP) is 1.99. The normalized spacial score (nSPS) is 26.2. The fourth-order valence-corrected chi connectivity index (χ4v) is 2.14. The molecule has 0 radical (unpaired) electrons. The number of ether oxygens (including phenoxy) is 1. The number of likely N-dealkylation sites (N-methyl/N-ethyl adjacent to an activating group) is 1. The van der Waals surface area contributed by atoms with Crippen LogP contribution in [0.25, 0.3) is 0 Å². The van der Waals surface area contributed by atoms with Gasteiger partial charge in [-0.2, -0.15) is 0 Å². The quantitative estimate of drug-likeness (QED) is 0.821. The summed E-state index contributed by atoms with van der Waals surface area (Å²) in [4.78, 5) is 4.19. The molecule has 1 N–H and O–H groups in total. The molecule has 1 fully saturated rings. The van der Waals surface area contributed by atoms with Crippen molar-refractivity contribution in [2.24, 2.45) is 0 Å². The number of rotatable bonds is 3. The van der Waals surface area contributed by atoms with Crippen molar-refractivity contribution in [1.82, 2.24) is 10.3 Å². The molecule has 3 nitrogen and oxygen atoms in total. The molecule has 2 atom stereocenters. The summed E-state index contributed by atoms with van der Waals surface area (Å²) in [5.74, 6) is 0.740. The van der Waals surface area contributed by atoms with Crippen LogP contribution in [0.15, 0.2) is 24.4 Å². The molecule has 1 heterocycles. The molecule has 1 saturated carbocycles. The third kappa shape index (κ3) is 2.69. The van der Waals surface area contributed by atoms with Crippen LogP contribution in [-0.2, 0) is 0 Å². The van der Waals surface area contributed by atoms with E-state index in [2.05, 4.69) is 10.3 Å². The summed E-state index contributed by atoms with van der Waals surface area (Å²) in [7, 11) is 2.00. The lowest BCUT2D eigenvalue weighted by Gasteiger charge is -2.31. The molecule has 0 amide bonds. The molecular weight excluding hydrogens is 188 g/mol. The SMILES string of the molecule is CNC1CCCCC1Oc1ccccn1. The molecule has 0 aliphatic heterocycles. The lowest BCUT2D eigenvalue weighted by atomic mass is 9.92. The number of hydrogen-bond donors (Lipinski definition) is 1. The van der Waals surface area contributed by atoms with E-state index in [0.717, 1.165) is 12.3 Å². The minimum Gasteiger partial charge on any atom is -0.473 e. The highest BCUT2D eigenvalue weighted by Gasteiger charge is 2.25. The summed E-state index contributed by atoms with van der Waals surface area (Å²) in [6.07, 6.45) is 6.94. The standard InChI is InChI=1S/C12H18N2O/c1-13-10-6-2-3-7-11(10)15-12-8-4-5-9-14-12/h4-5,8-11,13H,2-3,6-7H2,1H3. The van der Waals surface area contributed by atoms with Gasteiger partial charge in [0.15, 0.2) is 0 Å². The highest BCUT2D eigenvalue weighted by Crippen LogP contribution is 2.22. The Morgan fingerprint density at radius 2 is 2.20 bits per heavy atom. The van der Waals surface area contributed by atoms with Crippen LogP contribution in [0, 0.1) is 0 Å². The van der Waals surface area contributed by atoms with Crippen LogP contribution in [-0.4, -0.2) is 24.2 Å². The third-order valence-electron chi connectivity index (χ3n) is 2.98. The monoisotopic (exact) mass is 206 g/mol. The Morgan fingerprint density at radius 1 is 1.33 bits per heavy atom. The maximum absolute atomic E-state index is 5.89. The second-order valence-electron chi connectivity index (χ2n) is 4.00. The van der Waals surface area contributed by atoms with Gasteiger partial charge in [-0.3, -0.25) is 0 Å². The molecule has 0 aromatic carbocycles. The Bertz CT molecular complexity index is 289. The molecule has 2 rings (SSSR count). The van der Waals surface area contributed by atoms with Crippen molar-refractivity contribution in [3.63, 3.8) is 0 Å². The molecule has 3 heteroatoms. The van der Waals surface area contributed by atoms with E-state index in [-0.39, 0.29) is 6.10 Å². The Kier molecular flexibility index (Phi) is 3.56. The van der Waals surface area contributed by atoms with E-state index in [4.69, 9.17) is 4.74 Å². The van der Waals surface area contributed by atoms with E-state index in [1.807, 2.05) is 25.2 Å². The van der Waals surface area contributed by atoms with Crippen LogP contribution in [0.5, 0.6) is 5.88 Å². The highest BCUT2D eigenvalue weighted by molar-refractivity contribution is 5.10. The smallest absolute Gasteiger partial charge is 0.213 e. The number of aromatic nitrogens is 1. The Hall–Kier alpha value is -1.09. The number of nitrogens with one attached hydrogen (secondary N) is 1. The average Bonchev–Trinajstić information content (AvgIpc) is 2.31. The molecule has 0 spiro atoms. The van der Waals surface area contributed by atoms with E-state index in [1.54, 1.807) is 6.20 Å². The van der Waals surface area contributed by atoms with Gasteiger partial charge in [0.2, 0.25) is 5.88 Å². The van der Waals surface area contributed by atoms with E-state index in [0.29, 0.717) is 6.04 Å². The summed E-state index contributed by atoms with van der Waals surface area (Å²) in [6.45, 7) is 0. The van der Waals surface area contributed by atoms with Gasteiger partial charge >= 0.3 is 0 Å². The van der Waals surface area contributed by atoms with E-state index >= 15 is 0 Å². The predicted molar refractivity (Wildman–Crippen MR) is 60.0 cm³/mol. The molecule has 0 saturated heterocycles. The minimum atomic E-state index is 0.277. The van der Waals surface area contributed by atoms with Crippen molar-refractivity contribution in [2.75, 3.05) is 7.05 Å². The zero-order valence-electron chi connectivity index (χ0n) is 9.15. The van der Waals surface area contributed by atoms with Gasteiger partial charge in [0.1, 0.15) is 6.10 Å². The zero-order chi connectivity index (χ0) is 10.5. The average molecular weight is 206 g/mol. The largest absolute Gasteiger partial charge is 0.473 e. The van der Waals surface area contributed by atoms with Crippen LogP contribution in [0.3, 0.4) is 0 Å². The first-order valence-corrected chi connectivity index (χ1v) is 5.65. The summed E-state index contributed by atoms with van der Waals surface area (Å²) >= 11 is 0. The number of pyridine rings is 1. The van der Waals surface area contributed by atoms with Gasteiger partial charge in [0.05, 0.1) is 0 Å².